The zero-order valence-electron chi connectivity index (χ0n) is 36.0. The van der Waals surface area contributed by atoms with Gasteiger partial charge in [-0.2, -0.15) is 21.0 Å². The first kappa shape index (κ1) is 43.6. The molecule has 0 spiro atoms. The summed E-state index contributed by atoms with van der Waals surface area (Å²) in [5, 5.41) is 45.6. The Bertz CT molecular complexity index is 3430. The van der Waals surface area contributed by atoms with Crippen LogP contribution in [0.2, 0.25) is 0 Å². The Labute approximate surface area is 396 Å². The Balaban J connectivity index is 1.38. The molecule has 0 amide bonds. The molecule has 2 aliphatic rings. The number of aromatic nitrogens is 6. The van der Waals surface area contributed by atoms with E-state index in [9.17, 15) is 21.0 Å². The number of allylic oxidation sites excluding steroid dienone is 10. The molecule has 0 unspecified atom stereocenters. The van der Waals surface area contributed by atoms with Crippen LogP contribution in [0.5, 0.6) is 0 Å². The summed E-state index contributed by atoms with van der Waals surface area (Å²) in [6.07, 6.45) is 0. The van der Waals surface area contributed by atoms with Crippen LogP contribution in [-0.4, -0.2) is 29.9 Å². The summed E-state index contributed by atoms with van der Waals surface area (Å²) < 4.78 is 61.2. The van der Waals surface area contributed by atoms with Crippen molar-refractivity contribution in [3.63, 3.8) is 0 Å². The van der Waals surface area contributed by atoms with Crippen LogP contribution >= 0.6 is 0 Å². The maximum atomic E-state index is 15.3. The molecule has 0 bridgehead atoms. The number of nitrogens with zero attached hydrogens (tertiary/aromatic N) is 10. The first-order valence-corrected chi connectivity index (χ1v) is 21.2. The summed E-state index contributed by atoms with van der Waals surface area (Å²) >= 11 is 0. The predicted octanol–water partition coefficient (Wildman–Crippen LogP) is 11.8. The van der Waals surface area contributed by atoms with Gasteiger partial charge in [0.1, 0.15) is 47.5 Å². The van der Waals surface area contributed by atoms with E-state index in [0.717, 1.165) is 24.3 Å². The monoisotopic (exact) mass is 914 g/mol. The molecule has 0 N–H and O–H groups in total. The van der Waals surface area contributed by atoms with Crippen molar-refractivity contribution in [2.24, 2.45) is 0 Å². The summed E-state index contributed by atoms with van der Waals surface area (Å²) in [5.74, 6) is -4.08. The van der Waals surface area contributed by atoms with Crippen molar-refractivity contribution in [3.05, 3.63) is 237 Å². The molecule has 0 atom stereocenters. The van der Waals surface area contributed by atoms with Gasteiger partial charge in [0.25, 0.3) is 0 Å². The van der Waals surface area contributed by atoms with Crippen molar-refractivity contribution in [2.75, 3.05) is 0 Å². The molecule has 0 fully saturated rings. The van der Waals surface area contributed by atoms with Gasteiger partial charge in [0.15, 0.2) is 34.9 Å². The van der Waals surface area contributed by atoms with Crippen LogP contribution in [0.3, 0.4) is 0 Å². The molecule has 0 saturated heterocycles. The number of halogens is 4. The molecule has 0 saturated carbocycles. The fraction of sp³-hybridized carbons (Fsp3) is 0. The normalized spacial score (nSPS) is 14.4. The van der Waals surface area contributed by atoms with Gasteiger partial charge < -0.3 is 0 Å². The van der Waals surface area contributed by atoms with Gasteiger partial charge in [-0.3, -0.25) is 0 Å². The maximum absolute atomic E-state index is 15.3. The van der Waals surface area contributed by atoms with Gasteiger partial charge in [-0.25, -0.2) is 47.5 Å². The summed E-state index contributed by atoms with van der Waals surface area (Å²) in [5.41, 5.74) is -1.12. The molecule has 10 nitrogen and oxygen atoms in total. The average molecular weight is 915 g/mol. The van der Waals surface area contributed by atoms with E-state index in [2.05, 4.69) is 24.3 Å². The van der Waals surface area contributed by atoms with E-state index in [-0.39, 0.29) is 90.7 Å². The van der Waals surface area contributed by atoms with E-state index in [0.29, 0.717) is 34.4 Å². The van der Waals surface area contributed by atoms with E-state index in [1.807, 2.05) is 0 Å². The van der Waals surface area contributed by atoms with Gasteiger partial charge in [-0.05, 0) is 35.4 Å². The third kappa shape index (κ3) is 7.86. The first-order valence-electron chi connectivity index (χ1n) is 21.2. The zero-order valence-corrected chi connectivity index (χ0v) is 36.0. The van der Waals surface area contributed by atoms with E-state index in [1.165, 1.54) is 0 Å². The summed E-state index contributed by atoms with van der Waals surface area (Å²) in [7, 11) is 0. The molecule has 2 aromatic heterocycles. The predicted molar refractivity (Wildman–Crippen MR) is 251 cm³/mol. The maximum Gasteiger partial charge on any atom is 0.166 e. The number of nitriles is 4. The van der Waals surface area contributed by atoms with Gasteiger partial charge in [0.05, 0.1) is 22.3 Å². The highest BCUT2D eigenvalue weighted by atomic mass is 19.1. The zero-order chi connectivity index (χ0) is 48.5. The molecule has 0 radical (unpaired) electrons. The number of rotatable bonds is 8. The van der Waals surface area contributed by atoms with Crippen LogP contribution < -0.4 is 0 Å². The second-order valence-electron chi connectivity index (χ2n) is 15.6. The lowest BCUT2D eigenvalue weighted by Gasteiger charge is -2.17. The fourth-order valence-corrected chi connectivity index (χ4v) is 8.44. The van der Waals surface area contributed by atoms with E-state index >= 15 is 17.6 Å². The van der Waals surface area contributed by atoms with Gasteiger partial charge in [0, 0.05) is 67.8 Å². The third-order valence-corrected chi connectivity index (χ3v) is 11.3. The Hall–Kier alpha value is -10.3. The molecule has 2 aliphatic carbocycles. The van der Waals surface area contributed by atoms with Crippen molar-refractivity contribution in [1.82, 2.24) is 29.9 Å². The highest BCUT2D eigenvalue weighted by Gasteiger charge is 2.46. The van der Waals surface area contributed by atoms with Crippen molar-refractivity contribution in [3.8, 4) is 69.8 Å². The smallest absolute Gasteiger partial charge is 0.166 e. The molecule has 8 aromatic rings. The number of hydrogen-bond acceptors (Lipinski definition) is 10. The standard InChI is InChI=1S/C56H26F4N10/c57-37-21-35(22-38(58)25-37)41(27-61)45-48-44(30-64)50(56-69-53(33-17-9-3-10-18-33)66-54(70-56)34-19-11-4-12-20-34)46(42(28-62)36-23-39(59)26-40(60)24-36)47(48)43(29-63)49(45)55-67-51(31-13-5-1-6-14-31)65-52(68-55)32-15-7-2-8-16-32/h1-26H/b45-41+,46-42+. The molecule has 328 valence electrons. The number of benzene rings is 6. The summed E-state index contributed by atoms with van der Waals surface area (Å²) in [6, 6.07) is 48.7. The molecule has 70 heavy (non-hydrogen) atoms. The fourth-order valence-electron chi connectivity index (χ4n) is 8.44. The van der Waals surface area contributed by atoms with Crippen LogP contribution in [0.1, 0.15) is 22.8 Å². The van der Waals surface area contributed by atoms with Crippen molar-refractivity contribution >= 4 is 22.3 Å². The molecular weight excluding hydrogens is 889 g/mol. The van der Waals surface area contributed by atoms with E-state index in [4.69, 9.17) is 29.9 Å². The summed E-state index contributed by atoms with van der Waals surface area (Å²) in [4.78, 5) is 29.0. The Morgan fingerprint density at radius 1 is 0.329 bits per heavy atom. The van der Waals surface area contributed by atoms with E-state index < -0.39 is 34.4 Å². The van der Waals surface area contributed by atoms with Gasteiger partial charge in [-0.1, -0.05) is 121 Å². The molecule has 14 heteroatoms. The highest BCUT2D eigenvalue weighted by molar-refractivity contribution is 6.16. The van der Waals surface area contributed by atoms with Crippen molar-refractivity contribution in [2.45, 2.75) is 0 Å². The third-order valence-electron chi connectivity index (χ3n) is 11.3. The molecule has 0 aliphatic heterocycles. The molecule has 10 rings (SSSR count). The van der Waals surface area contributed by atoms with Gasteiger partial charge >= 0.3 is 0 Å². The Morgan fingerprint density at radius 2 is 0.586 bits per heavy atom. The average Bonchev–Trinajstić information content (AvgIpc) is 3.89. The van der Waals surface area contributed by atoms with E-state index in [1.54, 1.807) is 121 Å². The van der Waals surface area contributed by atoms with Crippen molar-refractivity contribution in [1.29, 1.82) is 21.0 Å². The number of hydrogen-bond donors (Lipinski definition) is 0. The summed E-state index contributed by atoms with van der Waals surface area (Å²) in [6.45, 7) is 0. The molecule has 6 aromatic carbocycles. The van der Waals surface area contributed by atoms with Crippen LogP contribution in [0, 0.1) is 68.6 Å². The lowest BCUT2D eigenvalue weighted by Crippen LogP contribution is -2.09. The van der Waals surface area contributed by atoms with Gasteiger partial charge in [0.2, 0.25) is 0 Å². The van der Waals surface area contributed by atoms with Crippen molar-refractivity contribution < 1.29 is 17.6 Å². The van der Waals surface area contributed by atoms with Crippen LogP contribution in [0.4, 0.5) is 17.6 Å². The lowest BCUT2D eigenvalue weighted by molar-refractivity contribution is 0.582. The lowest BCUT2D eigenvalue weighted by atomic mass is 9.86. The van der Waals surface area contributed by atoms with Crippen LogP contribution in [-0.2, 0) is 0 Å². The minimum absolute atomic E-state index is 0.128. The quantitative estimate of drug-likeness (QED) is 0.105. The highest BCUT2D eigenvalue weighted by Crippen LogP contribution is 2.58. The Kier molecular flexibility index (Phi) is 11.3. The second kappa shape index (κ2) is 18.2. The SMILES string of the molecule is N#CC1=C(c2nc(-c3ccccc3)nc(-c3ccccc3)n2)/C(=C(\C#N)c2cc(F)cc(F)c2)C2=C1/C(=C(/C#N)c1cc(F)cc(F)c1)C(c1nc(-c3ccccc3)nc(-c3ccccc3)n1)=C2C#N. The topological polar surface area (TPSA) is 172 Å². The minimum Gasteiger partial charge on any atom is -0.208 e. The van der Waals surface area contributed by atoms with Crippen LogP contribution in [0.25, 0.3) is 67.8 Å². The molecule has 2 heterocycles. The Morgan fingerprint density at radius 3 is 0.829 bits per heavy atom. The minimum atomic E-state index is -1.05. The van der Waals surface area contributed by atoms with Gasteiger partial charge in [-0.15, -0.1) is 0 Å². The van der Waals surface area contributed by atoms with Crippen LogP contribution in [0.15, 0.2) is 191 Å². The second-order valence-corrected chi connectivity index (χ2v) is 15.6. The molecular formula is C56H26F4N10. The largest absolute Gasteiger partial charge is 0.208 e. The first-order chi connectivity index (χ1) is 34.2.